The highest BCUT2D eigenvalue weighted by atomic mass is 14.5. The summed E-state index contributed by atoms with van der Waals surface area (Å²) in [5, 5.41) is 0. The van der Waals surface area contributed by atoms with Crippen LogP contribution in [0.1, 0.15) is 52.9 Å². The van der Waals surface area contributed by atoms with Crippen LogP contribution in [0, 0.1) is 17.3 Å². The normalized spacial score (nSPS) is 40.6. The van der Waals surface area contributed by atoms with Gasteiger partial charge in [-0.15, -0.1) is 0 Å². The molecule has 0 radical (unpaired) electrons. The van der Waals surface area contributed by atoms with Crippen molar-refractivity contribution in [3.63, 3.8) is 0 Å². The lowest BCUT2D eigenvalue weighted by atomic mass is 9.64. The van der Waals surface area contributed by atoms with Gasteiger partial charge in [-0.2, -0.15) is 0 Å². The van der Waals surface area contributed by atoms with Gasteiger partial charge in [-0.05, 0) is 63.2 Å². The third-order valence-electron chi connectivity index (χ3n) is 5.03. The third kappa shape index (κ3) is 1.68. The van der Waals surface area contributed by atoms with E-state index in [4.69, 9.17) is 0 Å². The van der Waals surface area contributed by atoms with Crippen LogP contribution in [-0.2, 0) is 0 Å². The van der Waals surface area contributed by atoms with Gasteiger partial charge in [0.05, 0.1) is 0 Å². The highest BCUT2D eigenvalue weighted by molar-refractivity contribution is 5.21. The largest absolute Gasteiger partial charge is 0.0999 e. The van der Waals surface area contributed by atoms with Crippen LogP contribution in [0.25, 0.3) is 0 Å². The van der Waals surface area contributed by atoms with E-state index < -0.39 is 0 Å². The van der Waals surface area contributed by atoms with E-state index in [1.807, 2.05) is 0 Å². The molecule has 15 heavy (non-hydrogen) atoms. The van der Waals surface area contributed by atoms with Crippen molar-refractivity contribution in [3.8, 4) is 0 Å². The van der Waals surface area contributed by atoms with Crippen LogP contribution in [-0.4, -0.2) is 0 Å². The van der Waals surface area contributed by atoms with Crippen molar-refractivity contribution in [2.45, 2.75) is 52.9 Å². The van der Waals surface area contributed by atoms with Gasteiger partial charge in [0.1, 0.15) is 0 Å². The van der Waals surface area contributed by atoms with Gasteiger partial charge < -0.3 is 0 Å². The lowest BCUT2D eigenvalue weighted by Crippen LogP contribution is -2.30. The zero-order valence-corrected chi connectivity index (χ0v) is 10.5. The van der Waals surface area contributed by atoms with Crippen molar-refractivity contribution in [1.82, 2.24) is 0 Å². The van der Waals surface area contributed by atoms with Crippen LogP contribution in [0.3, 0.4) is 0 Å². The van der Waals surface area contributed by atoms with Crippen molar-refractivity contribution < 1.29 is 0 Å². The van der Waals surface area contributed by atoms with E-state index >= 15 is 0 Å². The van der Waals surface area contributed by atoms with Crippen molar-refractivity contribution in [3.05, 3.63) is 23.8 Å². The van der Waals surface area contributed by atoms with Crippen LogP contribution < -0.4 is 0 Å². The van der Waals surface area contributed by atoms with Gasteiger partial charge >= 0.3 is 0 Å². The SMILES string of the molecule is C=C(C)[C@H]1CCC2(C1)C(C)=CCC[C@H]2C. The summed E-state index contributed by atoms with van der Waals surface area (Å²) >= 11 is 0. The molecule has 0 bridgehead atoms. The predicted octanol–water partition coefficient (Wildman–Crippen LogP) is 4.73. The Kier molecular flexibility index (Phi) is 2.79. The first kappa shape index (κ1) is 11.0. The number of hydrogen-bond donors (Lipinski definition) is 0. The Morgan fingerprint density at radius 2 is 2.20 bits per heavy atom. The van der Waals surface area contributed by atoms with Gasteiger partial charge in [-0.25, -0.2) is 0 Å². The van der Waals surface area contributed by atoms with Gasteiger partial charge in [0.15, 0.2) is 0 Å². The molecule has 0 aromatic carbocycles. The topological polar surface area (TPSA) is 0 Å². The smallest absolute Gasteiger partial charge is 0.00592 e. The minimum atomic E-state index is 0.544. The van der Waals surface area contributed by atoms with Gasteiger partial charge in [-0.1, -0.05) is 30.7 Å². The lowest BCUT2D eigenvalue weighted by molar-refractivity contribution is 0.204. The Balaban J connectivity index is 2.23. The summed E-state index contributed by atoms with van der Waals surface area (Å²) in [6, 6.07) is 0. The van der Waals surface area contributed by atoms with Gasteiger partial charge in [0.25, 0.3) is 0 Å². The second-order valence-electron chi connectivity index (χ2n) is 5.81. The highest BCUT2D eigenvalue weighted by Gasteiger charge is 2.45. The maximum atomic E-state index is 4.15. The van der Waals surface area contributed by atoms with E-state index in [9.17, 15) is 0 Å². The molecular weight excluding hydrogens is 180 g/mol. The summed E-state index contributed by atoms with van der Waals surface area (Å²) in [6.45, 7) is 11.2. The molecule has 0 amide bonds. The molecule has 2 rings (SSSR count). The van der Waals surface area contributed by atoms with Crippen molar-refractivity contribution >= 4 is 0 Å². The molecule has 84 valence electrons. The molecule has 0 N–H and O–H groups in total. The van der Waals surface area contributed by atoms with E-state index in [0.29, 0.717) is 5.41 Å². The fourth-order valence-corrected chi connectivity index (χ4v) is 3.72. The summed E-state index contributed by atoms with van der Waals surface area (Å²) in [5.41, 5.74) is 3.62. The molecule has 0 heterocycles. The average molecular weight is 204 g/mol. The molecule has 1 unspecified atom stereocenters. The summed E-state index contributed by atoms with van der Waals surface area (Å²) < 4.78 is 0. The highest BCUT2D eigenvalue weighted by Crippen LogP contribution is 2.56. The van der Waals surface area contributed by atoms with Crippen LogP contribution in [0.4, 0.5) is 0 Å². The lowest BCUT2D eigenvalue weighted by Gasteiger charge is -2.40. The number of hydrogen-bond acceptors (Lipinski definition) is 0. The molecule has 2 aliphatic carbocycles. The van der Waals surface area contributed by atoms with Crippen molar-refractivity contribution in [2.24, 2.45) is 17.3 Å². The van der Waals surface area contributed by atoms with E-state index in [0.717, 1.165) is 11.8 Å². The first-order valence-electron chi connectivity index (χ1n) is 6.39. The van der Waals surface area contributed by atoms with Crippen LogP contribution >= 0.6 is 0 Å². The monoisotopic (exact) mass is 204 g/mol. The maximum absolute atomic E-state index is 4.15. The molecule has 0 aromatic heterocycles. The molecule has 0 saturated heterocycles. The second kappa shape index (κ2) is 3.81. The predicted molar refractivity (Wildman–Crippen MR) is 66.7 cm³/mol. The minimum absolute atomic E-state index is 0.544. The van der Waals surface area contributed by atoms with Gasteiger partial charge in [-0.3, -0.25) is 0 Å². The summed E-state index contributed by atoms with van der Waals surface area (Å²) in [5.74, 6) is 1.67. The average Bonchev–Trinajstić information content (AvgIpc) is 2.61. The quantitative estimate of drug-likeness (QED) is 0.542. The summed E-state index contributed by atoms with van der Waals surface area (Å²) in [7, 11) is 0. The maximum Gasteiger partial charge on any atom is -0.00592 e. The number of rotatable bonds is 1. The Morgan fingerprint density at radius 1 is 1.47 bits per heavy atom. The van der Waals surface area contributed by atoms with E-state index in [-0.39, 0.29) is 0 Å². The molecule has 1 saturated carbocycles. The molecule has 1 fully saturated rings. The van der Waals surface area contributed by atoms with Crippen LogP contribution in [0.15, 0.2) is 23.8 Å². The Bertz CT molecular complexity index is 297. The fourth-order valence-electron chi connectivity index (χ4n) is 3.72. The standard InChI is InChI=1S/C15H24/c1-11(2)14-8-9-15(10-14)12(3)6-5-7-13(15)4/h6,13-14H,1,5,7-10H2,2-4H3/t13-,14+,15?/m1/s1. The van der Waals surface area contributed by atoms with Gasteiger partial charge in [0.2, 0.25) is 0 Å². The first-order valence-corrected chi connectivity index (χ1v) is 6.39. The molecule has 0 nitrogen and oxygen atoms in total. The van der Waals surface area contributed by atoms with E-state index in [1.54, 1.807) is 5.57 Å². The molecule has 0 aliphatic heterocycles. The third-order valence-corrected chi connectivity index (χ3v) is 5.03. The Hall–Kier alpha value is -0.520. The van der Waals surface area contributed by atoms with E-state index in [1.165, 1.54) is 37.7 Å². The molecule has 3 atom stereocenters. The second-order valence-corrected chi connectivity index (χ2v) is 5.81. The fraction of sp³-hybridized carbons (Fsp3) is 0.733. The summed E-state index contributed by atoms with van der Waals surface area (Å²) in [4.78, 5) is 0. The Labute approximate surface area is 94.5 Å². The minimum Gasteiger partial charge on any atom is -0.0999 e. The number of allylic oxidation sites excluding steroid dienone is 3. The van der Waals surface area contributed by atoms with E-state index in [2.05, 4.69) is 33.4 Å². The Morgan fingerprint density at radius 3 is 2.73 bits per heavy atom. The molecule has 0 aromatic rings. The van der Waals surface area contributed by atoms with Crippen LogP contribution in [0.5, 0.6) is 0 Å². The first-order chi connectivity index (χ1) is 7.06. The van der Waals surface area contributed by atoms with Crippen molar-refractivity contribution in [2.75, 3.05) is 0 Å². The van der Waals surface area contributed by atoms with Crippen molar-refractivity contribution in [1.29, 1.82) is 0 Å². The molecular formula is C15H24. The van der Waals surface area contributed by atoms with Crippen LogP contribution in [0.2, 0.25) is 0 Å². The zero-order chi connectivity index (χ0) is 11.1. The zero-order valence-electron chi connectivity index (χ0n) is 10.5. The molecule has 2 aliphatic rings. The molecule has 0 heteroatoms. The summed E-state index contributed by atoms with van der Waals surface area (Å²) in [6.07, 6.45) is 9.30. The van der Waals surface area contributed by atoms with Gasteiger partial charge in [0, 0.05) is 0 Å². The molecule has 1 spiro atoms.